The Bertz CT molecular complexity index is 1210. The second-order valence-electron chi connectivity index (χ2n) is 8.93. The molecule has 2 amide bonds. The zero-order valence-electron chi connectivity index (χ0n) is 20.3. The molecular formula is C25H23Cl4F5N2O2. The number of alkyl halides is 4. The zero-order valence-corrected chi connectivity index (χ0v) is 23.3. The van der Waals surface area contributed by atoms with Crippen molar-refractivity contribution in [2.75, 3.05) is 0 Å². The molecule has 0 aliphatic rings. The maximum Gasteiger partial charge on any atom is 0.389 e. The van der Waals surface area contributed by atoms with Gasteiger partial charge in [0, 0.05) is 17.9 Å². The average Bonchev–Trinajstić information content (AvgIpc) is 2.77. The first-order chi connectivity index (χ1) is 17.4. The third-order valence-electron chi connectivity index (χ3n) is 5.27. The SMILES string of the molecule is C[C@H](NC(=O)CCC(F)(F)F)NC(=O)c1ccc(/C(F)=C/C(c2cc(Cl)c(Cl)c(Cl)c2)C(C)(C)F)cc1Cl. The highest BCUT2D eigenvalue weighted by Crippen LogP contribution is 2.40. The van der Waals surface area contributed by atoms with Crippen LogP contribution >= 0.6 is 46.4 Å². The lowest BCUT2D eigenvalue weighted by molar-refractivity contribution is -0.144. The van der Waals surface area contributed by atoms with Crippen LogP contribution in [0.1, 0.15) is 61.0 Å². The van der Waals surface area contributed by atoms with E-state index in [0.717, 1.165) is 12.1 Å². The number of benzene rings is 2. The molecular weight excluding hydrogens is 597 g/mol. The third kappa shape index (κ3) is 9.29. The van der Waals surface area contributed by atoms with Crippen LogP contribution in [0, 0.1) is 0 Å². The third-order valence-corrected chi connectivity index (χ3v) is 6.78. The van der Waals surface area contributed by atoms with Gasteiger partial charge in [0.1, 0.15) is 11.5 Å². The maximum absolute atomic E-state index is 15.2. The number of rotatable bonds is 9. The second kappa shape index (κ2) is 12.9. The highest BCUT2D eigenvalue weighted by molar-refractivity contribution is 6.48. The summed E-state index contributed by atoms with van der Waals surface area (Å²) in [4.78, 5) is 24.2. The van der Waals surface area contributed by atoms with Crippen molar-refractivity contribution in [2.45, 2.75) is 57.5 Å². The van der Waals surface area contributed by atoms with E-state index in [0.29, 0.717) is 0 Å². The lowest BCUT2D eigenvalue weighted by Crippen LogP contribution is -2.46. The number of carbonyl (C=O) groups is 2. The van der Waals surface area contributed by atoms with E-state index in [1.807, 2.05) is 0 Å². The van der Waals surface area contributed by atoms with Crippen LogP contribution in [0.25, 0.3) is 5.83 Å². The molecule has 2 N–H and O–H groups in total. The Morgan fingerprint density at radius 2 is 1.53 bits per heavy atom. The van der Waals surface area contributed by atoms with Crippen molar-refractivity contribution in [1.82, 2.24) is 10.6 Å². The fraction of sp³-hybridized carbons (Fsp3) is 0.360. The summed E-state index contributed by atoms with van der Waals surface area (Å²) in [6, 6.07) is 6.37. The molecule has 0 spiro atoms. The van der Waals surface area contributed by atoms with Crippen LogP contribution in [0.3, 0.4) is 0 Å². The molecule has 13 heteroatoms. The van der Waals surface area contributed by atoms with E-state index >= 15 is 8.78 Å². The summed E-state index contributed by atoms with van der Waals surface area (Å²) in [7, 11) is 0. The number of hydrogen-bond donors (Lipinski definition) is 2. The van der Waals surface area contributed by atoms with Crippen molar-refractivity contribution in [1.29, 1.82) is 0 Å². The van der Waals surface area contributed by atoms with Gasteiger partial charge in [-0.25, -0.2) is 8.78 Å². The van der Waals surface area contributed by atoms with Crippen LogP contribution in [0.2, 0.25) is 20.1 Å². The first-order valence-electron chi connectivity index (χ1n) is 11.1. The van der Waals surface area contributed by atoms with Crippen LogP contribution in [0.5, 0.6) is 0 Å². The van der Waals surface area contributed by atoms with Gasteiger partial charge in [-0.1, -0.05) is 52.5 Å². The van der Waals surface area contributed by atoms with Crippen molar-refractivity contribution in [3.8, 4) is 0 Å². The first kappa shape index (κ1) is 32.1. The zero-order chi connectivity index (χ0) is 29.0. The molecule has 38 heavy (non-hydrogen) atoms. The molecule has 1 unspecified atom stereocenters. The molecule has 0 aliphatic carbocycles. The van der Waals surface area contributed by atoms with E-state index in [9.17, 15) is 22.8 Å². The van der Waals surface area contributed by atoms with E-state index in [1.165, 1.54) is 45.0 Å². The molecule has 0 fully saturated rings. The highest BCUT2D eigenvalue weighted by Gasteiger charge is 2.31. The predicted octanol–water partition coefficient (Wildman–Crippen LogP) is 8.68. The van der Waals surface area contributed by atoms with Gasteiger partial charge in [-0.3, -0.25) is 9.59 Å². The van der Waals surface area contributed by atoms with Gasteiger partial charge in [-0.15, -0.1) is 0 Å². The Morgan fingerprint density at radius 1 is 0.947 bits per heavy atom. The van der Waals surface area contributed by atoms with Crippen molar-refractivity contribution in [3.05, 3.63) is 73.2 Å². The second-order valence-corrected chi connectivity index (χ2v) is 10.5. The monoisotopic (exact) mass is 618 g/mol. The molecule has 0 bridgehead atoms. The van der Waals surface area contributed by atoms with E-state index in [4.69, 9.17) is 46.4 Å². The van der Waals surface area contributed by atoms with Gasteiger partial charge < -0.3 is 10.6 Å². The first-order valence-corrected chi connectivity index (χ1v) is 12.6. The summed E-state index contributed by atoms with van der Waals surface area (Å²) in [6.07, 6.45) is -6.57. The minimum absolute atomic E-state index is 0.0551. The van der Waals surface area contributed by atoms with E-state index in [-0.39, 0.29) is 36.8 Å². The minimum atomic E-state index is -4.49. The van der Waals surface area contributed by atoms with Crippen molar-refractivity contribution < 1.29 is 31.5 Å². The number of amides is 2. The van der Waals surface area contributed by atoms with Crippen LogP contribution < -0.4 is 10.6 Å². The number of halogens is 9. The summed E-state index contributed by atoms with van der Waals surface area (Å²) in [5.74, 6) is -3.64. The van der Waals surface area contributed by atoms with Gasteiger partial charge in [0.05, 0.1) is 38.2 Å². The molecule has 208 valence electrons. The van der Waals surface area contributed by atoms with Gasteiger partial charge in [0.2, 0.25) is 5.91 Å². The number of hydrogen-bond acceptors (Lipinski definition) is 2. The highest BCUT2D eigenvalue weighted by atomic mass is 35.5. The molecule has 0 saturated carbocycles. The number of carbonyl (C=O) groups excluding carboxylic acids is 2. The van der Waals surface area contributed by atoms with Gasteiger partial charge in [-0.05, 0) is 56.7 Å². The van der Waals surface area contributed by atoms with Crippen molar-refractivity contribution >= 4 is 64.0 Å². The van der Waals surface area contributed by atoms with Gasteiger partial charge in [0.25, 0.3) is 5.91 Å². The molecule has 0 saturated heterocycles. The maximum atomic E-state index is 15.2. The van der Waals surface area contributed by atoms with Crippen molar-refractivity contribution in [2.24, 2.45) is 0 Å². The summed E-state index contributed by atoms with van der Waals surface area (Å²) in [6.45, 7) is 3.85. The van der Waals surface area contributed by atoms with Gasteiger partial charge in [-0.2, -0.15) is 13.2 Å². The van der Waals surface area contributed by atoms with Crippen molar-refractivity contribution in [3.63, 3.8) is 0 Å². The largest absolute Gasteiger partial charge is 0.389 e. The normalized spacial score (nSPS) is 14.2. The van der Waals surface area contributed by atoms with E-state index in [2.05, 4.69) is 10.6 Å². The molecule has 2 aromatic carbocycles. The van der Waals surface area contributed by atoms with Crippen LogP contribution in [-0.2, 0) is 4.79 Å². The van der Waals surface area contributed by atoms with E-state index in [1.54, 1.807) is 0 Å². The Hall–Kier alpha value is -2.07. The number of allylic oxidation sites excluding steroid dienone is 1. The summed E-state index contributed by atoms with van der Waals surface area (Å²) < 4.78 is 67.0. The fourth-order valence-electron chi connectivity index (χ4n) is 3.42. The lowest BCUT2D eigenvalue weighted by atomic mass is 9.85. The van der Waals surface area contributed by atoms with Crippen LogP contribution in [0.4, 0.5) is 22.0 Å². The topological polar surface area (TPSA) is 58.2 Å². The lowest BCUT2D eigenvalue weighted by Gasteiger charge is -2.25. The molecule has 2 aromatic rings. The Balaban J connectivity index is 2.21. The Kier molecular flexibility index (Phi) is 10.9. The Labute approximate surface area is 236 Å². The summed E-state index contributed by atoms with van der Waals surface area (Å²) in [5.41, 5.74) is -1.80. The predicted molar refractivity (Wildman–Crippen MR) is 140 cm³/mol. The molecule has 0 aliphatic heterocycles. The van der Waals surface area contributed by atoms with Crippen LogP contribution in [-0.4, -0.2) is 29.8 Å². The summed E-state index contributed by atoms with van der Waals surface area (Å²) in [5, 5.41) is 4.65. The van der Waals surface area contributed by atoms with Crippen LogP contribution in [0.15, 0.2) is 36.4 Å². The number of nitrogens with one attached hydrogen (secondary N) is 2. The molecule has 4 nitrogen and oxygen atoms in total. The van der Waals surface area contributed by atoms with Gasteiger partial charge >= 0.3 is 6.18 Å². The molecule has 0 heterocycles. The Morgan fingerprint density at radius 3 is 2.03 bits per heavy atom. The fourth-order valence-corrected chi connectivity index (χ4v) is 4.29. The molecule has 2 atom stereocenters. The molecule has 2 rings (SSSR count). The molecule has 0 radical (unpaired) electrons. The smallest absolute Gasteiger partial charge is 0.336 e. The summed E-state index contributed by atoms with van der Waals surface area (Å²) >= 11 is 24.2. The molecule has 0 aromatic heterocycles. The minimum Gasteiger partial charge on any atom is -0.336 e. The quantitative estimate of drug-likeness (QED) is 0.168. The standard InChI is InChI=1S/C25H23Cl4F5N2O2/c1-12(35-21(37)6-7-25(32,33)34)36-23(38)15-5-4-13(8-17(15)26)20(30)11-16(24(2,3)31)14-9-18(27)22(29)19(28)10-14/h4-5,8-12,16H,6-7H2,1-3H3,(H,35,37)(H,36,38)/b20-11-/t12-,16?/m1/s1. The van der Waals surface area contributed by atoms with Gasteiger partial charge in [0.15, 0.2) is 0 Å². The van der Waals surface area contributed by atoms with E-state index < -0.39 is 54.4 Å². The average molecular weight is 620 g/mol.